The molecule has 122 valence electrons. The number of amides is 1. The van der Waals surface area contributed by atoms with E-state index in [1.807, 2.05) is 31.2 Å². The van der Waals surface area contributed by atoms with Crippen LogP contribution in [0.1, 0.15) is 32.6 Å². The van der Waals surface area contributed by atoms with Crippen LogP contribution < -0.4 is 5.32 Å². The summed E-state index contributed by atoms with van der Waals surface area (Å²) in [5.41, 5.74) is 0.849. The molecule has 1 atom stereocenters. The Labute approximate surface area is 147 Å². The van der Waals surface area contributed by atoms with E-state index in [9.17, 15) is 4.79 Å². The number of halogens is 1. The van der Waals surface area contributed by atoms with Crippen molar-refractivity contribution < 1.29 is 9.21 Å². The van der Waals surface area contributed by atoms with Gasteiger partial charge in [0.05, 0.1) is 5.25 Å². The Kier molecular flexibility index (Phi) is 5.38. The molecule has 1 amide bonds. The molecular formula is C16H18BrN3O2S. The lowest BCUT2D eigenvalue weighted by molar-refractivity contribution is -0.120. The van der Waals surface area contributed by atoms with E-state index in [0.717, 1.165) is 22.9 Å². The van der Waals surface area contributed by atoms with Crippen molar-refractivity contribution in [3.63, 3.8) is 0 Å². The van der Waals surface area contributed by atoms with Crippen LogP contribution in [-0.2, 0) is 4.79 Å². The maximum absolute atomic E-state index is 12.2. The number of thioether (sulfide) groups is 1. The van der Waals surface area contributed by atoms with E-state index in [2.05, 4.69) is 31.4 Å². The number of nitrogens with zero attached hydrogens (tertiary/aromatic N) is 2. The van der Waals surface area contributed by atoms with Gasteiger partial charge < -0.3 is 9.73 Å². The molecule has 2 aromatic rings. The van der Waals surface area contributed by atoms with E-state index in [1.165, 1.54) is 24.6 Å². The number of hydrogen-bond acceptors (Lipinski definition) is 5. The van der Waals surface area contributed by atoms with Crippen LogP contribution in [0, 0.1) is 0 Å². The molecular weight excluding hydrogens is 378 g/mol. The molecule has 0 unspecified atom stereocenters. The summed E-state index contributed by atoms with van der Waals surface area (Å²) in [4.78, 5) is 12.2. The molecule has 1 aliphatic rings. The second kappa shape index (κ2) is 7.49. The van der Waals surface area contributed by atoms with Gasteiger partial charge in [0.1, 0.15) is 0 Å². The SMILES string of the molecule is C[C@@H](Sc1nnc(-c2cccc(Br)c2)o1)C(=O)NC1CCCC1. The average molecular weight is 396 g/mol. The standard InChI is InChI=1S/C16H18BrN3O2S/c1-10(14(21)18-13-7-2-3-8-13)23-16-20-19-15(22-16)11-5-4-6-12(17)9-11/h4-6,9-10,13H,2-3,7-8H2,1H3,(H,18,21)/t10-/m1/s1. The van der Waals surface area contributed by atoms with Crippen LogP contribution in [0.5, 0.6) is 0 Å². The van der Waals surface area contributed by atoms with Crippen LogP contribution in [-0.4, -0.2) is 27.4 Å². The van der Waals surface area contributed by atoms with Crippen LogP contribution >= 0.6 is 27.7 Å². The minimum atomic E-state index is -0.258. The molecule has 0 radical (unpaired) electrons. The molecule has 1 saturated carbocycles. The Morgan fingerprint density at radius 2 is 2.17 bits per heavy atom. The van der Waals surface area contributed by atoms with Crippen molar-refractivity contribution >= 4 is 33.6 Å². The molecule has 1 heterocycles. The predicted octanol–water partition coefficient (Wildman–Crippen LogP) is 4.04. The van der Waals surface area contributed by atoms with Gasteiger partial charge in [-0.05, 0) is 38.0 Å². The minimum Gasteiger partial charge on any atom is -0.411 e. The third kappa shape index (κ3) is 4.35. The fourth-order valence-electron chi connectivity index (χ4n) is 2.59. The van der Waals surface area contributed by atoms with Gasteiger partial charge in [-0.2, -0.15) is 0 Å². The van der Waals surface area contributed by atoms with Crippen LogP contribution in [0.15, 0.2) is 38.4 Å². The smallest absolute Gasteiger partial charge is 0.277 e. The van der Waals surface area contributed by atoms with Crippen molar-refractivity contribution in [1.82, 2.24) is 15.5 Å². The first kappa shape index (κ1) is 16.5. The number of carbonyl (C=O) groups excluding carboxylic acids is 1. The van der Waals surface area contributed by atoms with Crippen LogP contribution in [0.3, 0.4) is 0 Å². The molecule has 7 heteroatoms. The first-order valence-electron chi connectivity index (χ1n) is 7.68. The van der Waals surface area contributed by atoms with E-state index >= 15 is 0 Å². The van der Waals surface area contributed by atoms with Crippen LogP contribution in [0.4, 0.5) is 0 Å². The van der Waals surface area contributed by atoms with Gasteiger partial charge in [-0.1, -0.05) is 46.6 Å². The maximum atomic E-state index is 12.2. The van der Waals surface area contributed by atoms with E-state index in [-0.39, 0.29) is 11.2 Å². The van der Waals surface area contributed by atoms with E-state index in [4.69, 9.17) is 4.42 Å². The normalized spacial score (nSPS) is 16.4. The largest absolute Gasteiger partial charge is 0.411 e. The third-order valence-electron chi connectivity index (χ3n) is 3.83. The van der Waals surface area contributed by atoms with Gasteiger partial charge in [0.15, 0.2) is 0 Å². The van der Waals surface area contributed by atoms with Gasteiger partial charge >= 0.3 is 0 Å². The van der Waals surface area contributed by atoms with Gasteiger partial charge in [0.2, 0.25) is 11.8 Å². The van der Waals surface area contributed by atoms with Crippen molar-refractivity contribution in [2.24, 2.45) is 0 Å². The number of benzene rings is 1. The monoisotopic (exact) mass is 395 g/mol. The number of nitrogens with one attached hydrogen (secondary N) is 1. The molecule has 0 spiro atoms. The topological polar surface area (TPSA) is 68.0 Å². The predicted molar refractivity (Wildman–Crippen MR) is 93.2 cm³/mol. The molecule has 3 rings (SSSR count). The molecule has 0 bridgehead atoms. The van der Waals surface area contributed by atoms with E-state index in [1.54, 1.807) is 0 Å². The molecule has 1 aromatic heterocycles. The van der Waals surface area contributed by atoms with Crippen molar-refractivity contribution in [3.05, 3.63) is 28.7 Å². The molecule has 1 N–H and O–H groups in total. The summed E-state index contributed by atoms with van der Waals surface area (Å²) in [6.45, 7) is 1.86. The van der Waals surface area contributed by atoms with Gasteiger partial charge in [0.25, 0.3) is 5.22 Å². The maximum Gasteiger partial charge on any atom is 0.277 e. The summed E-state index contributed by atoms with van der Waals surface area (Å²) < 4.78 is 6.61. The Morgan fingerprint density at radius 3 is 2.91 bits per heavy atom. The molecule has 1 aromatic carbocycles. The average Bonchev–Trinajstić information content (AvgIpc) is 3.19. The van der Waals surface area contributed by atoms with Gasteiger partial charge in [-0.3, -0.25) is 4.79 Å². The molecule has 23 heavy (non-hydrogen) atoms. The summed E-state index contributed by atoms with van der Waals surface area (Å²) in [5, 5.41) is 11.3. The van der Waals surface area contributed by atoms with Gasteiger partial charge in [-0.15, -0.1) is 10.2 Å². The summed E-state index contributed by atoms with van der Waals surface area (Å²) in [6.07, 6.45) is 4.56. The molecule has 0 saturated heterocycles. The molecule has 0 aliphatic heterocycles. The third-order valence-corrected chi connectivity index (χ3v) is 5.25. The van der Waals surface area contributed by atoms with Crippen molar-refractivity contribution in [2.75, 3.05) is 0 Å². The highest BCUT2D eigenvalue weighted by atomic mass is 79.9. The highest BCUT2D eigenvalue weighted by Crippen LogP contribution is 2.28. The van der Waals surface area contributed by atoms with Crippen LogP contribution in [0.25, 0.3) is 11.5 Å². The first-order valence-corrected chi connectivity index (χ1v) is 9.35. The summed E-state index contributed by atoms with van der Waals surface area (Å²) in [7, 11) is 0. The molecule has 1 fully saturated rings. The quantitative estimate of drug-likeness (QED) is 0.773. The Bertz CT molecular complexity index is 685. The summed E-state index contributed by atoms with van der Waals surface area (Å²) in [6, 6.07) is 7.99. The zero-order valence-electron chi connectivity index (χ0n) is 12.8. The lowest BCUT2D eigenvalue weighted by Gasteiger charge is -2.14. The number of hydrogen-bond donors (Lipinski definition) is 1. The zero-order valence-corrected chi connectivity index (χ0v) is 15.2. The number of carbonyl (C=O) groups is 1. The zero-order chi connectivity index (χ0) is 16.2. The van der Waals surface area contributed by atoms with Crippen LogP contribution in [0.2, 0.25) is 0 Å². The highest BCUT2D eigenvalue weighted by Gasteiger charge is 2.23. The van der Waals surface area contributed by atoms with Gasteiger partial charge in [-0.25, -0.2) is 0 Å². The van der Waals surface area contributed by atoms with Crippen molar-refractivity contribution in [3.8, 4) is 11.5 Å². The Hall–Kier alpha value is -1.34. The van der Waals surface area contributed by atoms with E-state index < -0.39 is 0 Å². The second-order valence-corrected chi connectivity index (χ2v) is 7.84. The van der Waals surface area contributed by atoms with Crippen molar-refractivity contribution in [1.29, 1.82) is 0 Å². The molecule has 5 nitrogen and oxygen atoms in total. The Morgan fingerprint density at radius 1 is 1.39 bits per heavy atom. The fraction of sp³-hybridized carbons (Fsp3) is 0.438. The number of aromatic nitrogens is 2. The summed E-state index contributed by atoms with van der Waals surface area (Å²) in [5.74, 6) is 0.487. The lowest BCUT2D eigenvalue weighted by atomic mass is 10.2. The highest BCUT2D eigenvalue weighted by molar-refractivity contribution is 9.10. The Balaban J connectivity index is 1.60. The lowest BCUT2D eigenvalue weighted by Crippen LogP contribution is -2.37. The molecule has 1 aliphatic carbocycles. The second-order valence-electron chi connectivity index (χ2n) is 5.63. The fourth-order valence-corrected chi connectivity index (χ4v) is 3.68. The van der Waals surface area contributed by atoms with E-state index in [0.29, 0.717) is 17.2 Å². The minimum absolute atomic E-state index is 0.0316. The first-order chi connectivity index (χ1) is 11.1. The van der Waals surface area contributed by atoms with Crippen molar-refractivity contribution in [2.45, 2.75) is 49.1 Å². The number of rotatable bonds is 5. The van der Waals surface area contributed by atoms with Gasteiger partial charge in [0, 0.05) is 16.1 Å². The summed E-state index contributed by atoms with van der Waals surface area (Å²) >= 11 is 4.71.